The van der Waals surface area contributed by atoms with Crippen molar-refractivity contribution in [3.05, 3.63) is 46.0 Å². The Balaban J connectivity index is 2.00. The fourth-order valence-corrected chi connectivity index (χ4v) is 3.70. The molecule has 1 aliphatic rings. The first-order valence-electron chi connectivity index (χ1n) is 7.34. The molecule has 110 valence electrons. The third-order valence-electron chi connectivity index (χ3n) is 4.20. The molecule has 2 unspecified atom stereocenters. The third kappa shape index (κ3) is 3.07. The Kier molecular flexibility index (Phi) is 4.19. The van der Waals surface area contributed by atoms with Crippen molar-refractivity contribution in [1.29, 1.82) is 0 Å². The molecule has 1 saturated carbocycles. The summed E-state index contributed by atoms with van der Waals surface area (Å²) in [7, 11) is 0. The van der Waals surface area contributed by atoms with Gasteiger partial charge < -0.3 is 0 Å². The van der Waals surface area contributed by atoms with Crippen LogP contribution in [0.2, 0.25) is 10.3 Å². The summed E-state index contributed by atoms with van der Waals surface area (Å²) in [5, 5.41) is 0.908. The van der Waals surface area contributed by atoms with Crippen LogP contribution >= 0.6 is 23.2 Å². The fraction of sp³-hybridized carbons (Fsp3) is 0.412. The smallest absolute Gasteiger partial charge is 0.142 e. The Bertz CT molecular complexity index is 647. The van der Waals surface area contributed by atoms with E-state index in [0.717, 1.165) is 41.3 Å². The highest BCUT2D eigenvalue weighted by atomic mass is 35.5. The van der Waals surface area contributed by atoms with Crippen molar-refractivity contribution in [2.75, 3.05) is 0 Å². The van der Waals surface area contributed by atoms with Crippen molar-refractivity contribution in [1.82, 2.24) is 9.97 Å². The van der Waals surface area contributed by atoms with E-state index in [0.29, 0.717) is 16.2 Å². The summed E-state index contributed by atoms with van der Waals surface area (Å²) in [4.78, 5) is 9.05. The van der Waals surface area contributed by atoms with E-state index in [2.05, 4.69) is 16.9 Å². The van der Waals surface area contributed by atoms with Gasteiger partial charge in [-0.3, -0.25) is 0 Å². The van der Waals surface area contributed by atoms with Gasteiger partial charge in [-0.1, -0.05) is 60.0 Å². The van der Waals surface area contributed by atoms with Crippen LogP contribution in [-0.2, 0) is 0 Å². The monoisotopic (exact) mass is 320 g/mol. The molecule has 3 rings (SSSR count). The lowest BCUT2D eigenvalue weighted by Gasteiger charge is -2.12. The van der Waals surface area contributed by atoms with E-state index in [-0.39, 0.29) is 0 Å². The van der Waals surface area contributed by atoms with Crippen LogP contribution in [0, 0.1) is 12.8 Å². The molecule has 0 saturated heterocycles. The second kappa shape index (κ2) is 5.94. The zero-order valence-corrected chi connectivity index (χ0v) is 13.7. The number of aromatic nitrogens is 2. The molecular formula is C17H18Cl2N2. The van der Waals surface area contributed by atoms with Gasteiger partial charge in [0.25, 0.3) is 0 Å². The molecule has 0 amide bonds. The summed E-state index contributed by atoms with van der Waals surface area (Å²) < 4.78 is 0. The van der Waals surface area contributed by atoms with E-state index in [1.54, 1.807) is 0 Å². The molecule has 1 aromatic carbocycles. The van der Waals surface area contributed by atoms with Gasteiger partial charge in [0.15, 0.2) is 0 Å². The van der Waals surface area contributed by atoms with Gasteiger partial charge in [0.05, 0.1) is 5.56 Å². The molecule has 1 fully saturated rings. The summed E-state index contributed by atoms with van der Waals surface area (Å²) in [6.45, 7) is 4.31. The van der Waals surface area contributed by atoms with Gasteiger partial charge in [-0.15, -0.1) is 0 Å². The van der Waals surface area contributed by atoms with Gasteiger partial charge in [-0.05, 0) is 37.7 Å². The van der Waals surface area contributed by atoms with Crippen molar-refractivity contribution in [2.45, 2.75) is 39.0 Å². The first-order chi connectivity index (χ1) is 10.0. The highest BCUT2D eigenvalue weighted by molar-refractivity contribution is 6.37. The molecule has 0 N–H and O–H groups in total. The molecule has 21 heavy (non-hydrogen) atoms. The lowest BCUT2D eigenvalue weighted by molar-refractivity contribution is 0.585. The molecule has 0 aliphatic heterocycles. The first kappa shape index (κ1) is 14.8. The minimum Gasteiger partial charge on any atom is -0.220 e. The summed E-state index contributed by atoms with van der Waals surface area (Å²) in [6.07, 6.45) is 3.47. The van der Waals surface area contributed by atoms with Crippen LogP contribution in [0.5, 0.6) is 0 Å². The normalized spacial score (nSPS) is 21.7. The Morgan fingerprint density at radius 1 is 1.10 bits per heavy atom. The maximum atomic E-state index is 6.40. The summed E-state index contributed by atoms with van der Waals surface area (Å²) in [5.74, 6) is 1.92. The largest absolute Gasteiger partial charge is 0.220 e. The summed E-state index contributed by atoms with van der Waals surface area (Å²) in [6, 6.07) is 8.07. The van der Waals surface area contributed by atoms with Crippen LogP contribution in [0.3, 0.4) is 0 Å². The first-order valence-corrected chi connectivity index (χ1v) is 8.10. The number of rotatable bonds is 2. The Morgan fingerprint density at radius 3 is 2.38 bits per heavy atom. The maximum absolute atomic E-state index is 6.40. The Morgan fingerprint density at radius 2 is 1.81 bits per heavy atom. The number of halogens is 2. The zero-order chi connectivity index (χ0) is 15.0. The predicted octanol–water partition coefficient (Wildman–Crippen LogP) is 5.66. The molecule has 1 heterocycles. The second-order valence-electron chi connectivity index (χ2n) is 6.02. The minimum atomic E-state index is 0.390. The molecule has 0 bridgehead atoms. The highest BCUT2D eigenvalue weighted by Crippen LogP contribution is 2.39. The minimum absolute atomic E-state index is 0.390. The van der Waals surface area contributed by atoms with E-state index in [1.807, 2.05) is 31.2 Å². The number of hydrogen-bond donors (Lipinski definition) is 0. The molecule has 0 radical (unpaired) electrons. The van der Waals surface area contributed by atoms with Crippen LogP contribution in [0.15, 0.2) is 24.3 Å². The number of nitrogens with zero attached hydrogens (tertiary/aromatic N) is 2. The van der Waals surface area contributed by atoms with Crippen molar-refractivity contribution in [2.24, 2.45) is 5.92 Å². The summed E-state index contributed by atoms with van der Waals surface area (Å²) >= 11 is 12.8. The number of aryl methyl sites for hydroxylation is 1. The van der Waals surface area contributed by atoms with Crippen LogP contribution in [0.1, 0.15) is 43.5 Å². The van der Waals surface area contributed by atoms with Crippen LogP contribution in [0.4, 0.5) is 0 Å². The topological polar surface area (TPSA) is 25.8 Å². The van der Waals surface area contributed by atoms with Gasteiger partial charge >= 0.3 is 0 Å². The van der Waals surface area contributed by atoms with Gasteiger partial charge in [-0.2, -0.15) is 0 Å². The number of hydrogen-bond acceptors (Lipinski definition) is 2. The SMILES string of the molecule is Cc1cccc(-c2c(Cl)nc(C3CCC(C)C3)nc2Cl)c1. The quantitative estimate of drug-likeness (QED) is 0.667. The highest BCUT2D eigenvalue weighted by Gasteiger charge is 2.26. The predicted molar refractivity (Wildman–Crippen MR) is 88.0 cm³/mol. The van der Waals surface area contributed by atoms with E-state index in [1.165, 1.54) is 6.42 Å². The molecule has 1 aliphatic carbocycles. The lowest BCUT2D eigenvalue weighted by Crippen LogP contribution is -2.03. The van der Waals surface area contributed by atoms with E-state index in [4.69, 9.17) is 23.2 Å². The van der Waals surface area contributed by atoms with Crippen LogP contribution in [-0.4, -0.2) is 9.97 Å². The van der Waals surface area contributed by atoms with Crippen LogP contribution in [0.25, 0.3) is 11.1 Å². The average Bonchev–Trinajstić information content (AvgIpc) is 2.85. The third-order valence-corrected chi connectivity index (χ3v) is 4.75. The van der Waals surface area contributed by atoms with Crippen molar-refractivity contribution < 1.29 is 0 Å². The molecule has 2 atom stereocenters. The van der Waals surface area contributed by atoms with Gasteiger partial charge in [0.1, 0.15) is 16.1 Å². The lowest BCUT2D eigenvalue weighted by atomic mass is 10.0. The van der Waals surface area contributed by atoms with Crippen LogP contribution < -0.4 is 0 Å². The summed E-state index contributed by atoms with van der Waals surface area (Å²) in [5.41, 5.74) is 2.86. The van der Waals surface area contributed by atoms with Gasteiger partial charge in [0.2, 0.25) is 0 Å². The number of benzene rings is 1. The van der Waals surface area contributed by atoms with E-state index >= 15 is 0 Å². The Labute approximate surface area is 135 Å². The molecule has 0 spiro atoms. The molecule has 2 nitrogen and oxygen atoms in total. The fourth-order valence-electron chi connectivity index (χ4n) is 3.09. The van der Waals surface area contributed by atoms with E-state index in [9.17, 15) is 0 Å². The Hall–Kier alpha value is -1.12. The van der Waals surface area contributed by atoms with Crippen molar-refractivity contribution in [3.63, 3.8) is 0 Å². The van der Waals surface area contributed by atoms with Crippen molar-refractivity contribution >= 4 is 23.2 Å². The second-order valence-corrected chi connectivity index (χ2v) is 6.74. The van der Waals surface area contributed by atoms with Crippen molar-refractivity contribution in [3.8, 4) is 11.1 Å². The van der Waals surface area contributed by atoms with E-state index < -0.39 is 0 Å². The molecular weight excluding hydrogens is 303 g/mol. The molecule has 4 heteroatoms. The molecule has 2 aromatic rings. The van der Waals surface area contributed by atoms with Gasteiger partial charge in [-0.25, -0.2) is 9.97 Å². The standard InChI is InChI=1S/C17H18Cl2N2/c1-10-4-3-5-12(8-10)14-15(18)20-17(21-16(14)19)13-7-6-11(2)9-13/h3-5,8,11,13H,6-7,9H2,1-2H3. The maximum Gasteiger partial charge on any atom is 0.142 e. The molecule has 1 aromatic heterocycles. The average molecular weight is 321 g/mol. The van der Waals surface area contributed by atoms with Gasteiger partial charge in [0, 0.05) is 5.92 Å². The zero-order valence-electron chi connectivity index (χ0n) is 12.2.